The molecule has 1 N–H and O–H groups in total. The van der Waals surface area contributed by atoms with Gasteiger partial charge in [0.2, 0.25) is 0 Å². The van der Waals surface area contributed by atoms with Crippen LogP contribution in [0.3, 0.4) is 0 Å². The van der Waals surface area contributed by atoms with Crippen LogP contribution in [0.15, 0.2) is 17.1 Å². The van der Waals surface area contributed by atoms with Crippen molar-refractivity contribution >= 4 is 5.69 Å². The number of hydrogen-bond donors (Lipinski definition) is 1. The molecule has 1 unspecified atom stereocenters. The molecule has 0 saturated carbocycles. The van der Waals surface area contributed by atoms with E-state index in [2.05, 4.69) is 24.3 Å². The Morgan fingerprint density at radius 2 is 2.12 bits per heavy atom. The smallest absolute Gasteiger partial charge is 0.268 e. The highest BCUT2D eigenvalue weighted by molar-refractivity contribution is 5.39. The molecule has 1 aromatic rings. The van der Waals surface area contributed by atoms with E-state index in [1.807, 2.05) is 13.8 Å². The summed E-state index contributed by atoms with van der Waals surface area (Å²) in [6.45, 7) is 9.08. The second kappa shape index (κ2) is 6.42. The lowest BCUT2D eigenvalue weighted by Gasteiger charge is -2.13. The molecule has 0 bridgehead atoms. The number of aromatic nitrogens is 2. The van der Waals surface area contributed by atoms with Gasteiger partial charge in [0.15, 0.2) is 0 Å². The number of nitrogens with one attached hydrogen (secondary N) is 1. The quantitative estimate of drug-likeness (QED) is 0.827. The van der Waals surface area contributed by atoms with Crippen LogP contribution in [0.5, 0.6) is 0 Å². The number of rotatable bonds is 6. The van der Waals surface area contributed by atoms with Crippen LogP contribution in [0.2, 0.25) is 0 Å². The van der Waals surface area contributed by atoms with Gasteiger partial charge in [-0.05, 0) is 26.2 Å². The molecule has 96 valence electrons. The Morgan fingerprint density at radius 1 is 1.41 bits per heavy atom. The maximum absolute atomic E-state index is 11.8. The maximum atomic E-state index is 11.8. The van der Waals surface area contributed by atoms with Crippen molar-refractivity contribution in [1.82, 2.24) is 9.78 Å². The van der Waals surface area contributed by atoms with Gasteiger partial charge in [0.1, 0.15) is 0 Å². The summed E-state index contributed by atoms with van der Waals surface area (Å²) in [7, 11) is 0. The van der Waals surface area contributed by atoms with Gasteiger partial charge in [-0.3, -0.25) is 4.79 Å². The van der Waals surface area contributed by atoms with E-state index in [-0.39, 0.29) is 5.56 Å². The SMILES string of the molecule is CCCC(C)Cn1ncc(NC(C)C)cc1=O. The topological polar surface area (TPSA) is 46.9 Å². The van der Waals surface area contributed by atoms with Gasteiger partial charge in [-0.25, -0.2) is 4.68 Å². The minimum atomic E-state index is -0.0291. The van der Waals surface area contributed by atoms with Crippen LogP contribution in [0, 0.1) is 5.92 Å². The highest BCUT2D eigenvalue weighted by Crippen LogP contribution is 2.07. The van der Waals surface area contributed by atoms with E-state index in [4.69, 9.17) is 0 Å². The van der Waals surface area contributed by atoms with E-state index >= 15 is 0 Å². The summed E-state index contributed by atoms with van der Waals surface area (Å²) in [5.74, 6) is 0.495. The van der Waals surface area contributed by atoms with Crippen molar-refractivity contribution in [2.24, 2.45) is 5.92 Å². The molecule has 0 saturated heterocycles. The fourth-order valence-electron chi connectivity index (χ4n) is 1.86. The molecular weight excluding hydrogens is 214 g/mol. The van der Waals surface area contributed by atoms with Crippen LogP contribution in [-0.4, -0.2) is 15.8 Å². The lowest BCUT2D eigenvalue weighted by molar-refractivity contribution is 0.408. The molecule has 1 aromatic heterocycles. The number of anilines is 1. The largest absolute Gasteiger partial charge is 0.381 e. The first-order chi connectivity index (χ1) is 8.02. The van der Waals surface area contributed by atoms with E-state index in [0.717, 1.165) is 18.5 Å². The van der Waals surface area contributed by atoms with Gasteiger partial charge in [-0.2, -0.15) is 5.10 Å². The molecule has 0 aliphatic heterocycles. The molecule has 4 nitrogen and oxygen atoms in total. The van der Waals surface area contributed by atoms with Crippen LogP contribution >= 0.6 is 0 Å². The molecule has 1 rings (SSSR count). The summed E-state index contributed by atoms with van der Waals surface area (Å²) in [6, 6.07) is 1.93. The Kier molecular flexibility index (Phi) is 5.19. The normalized spacial score (nSPS) is 12.8. The molecule has 0 fully saturated rings. The van der Waals surface area contributed by atoms with Crippen molar-refractivity contribution in [3.8, 4) is 0 Å². The third-order valence-electron chi connectivity index (χ3n) is 2.59. The summed E-state index contributed by atoms with van der Waals surface area (Å²) in [4.78, 5) is 11.8. The predicted molar refractivity (Wildman–Crippen MR) is 71.3 cm³/mol. The van der Waals surface area contributed by atoms with E-state index in [1.165, 1.54) is 0 Å². The van der Waals surface area contributed by atoms with E-state index in [1.54, 1.807) is 16.9 Å². The summed E-state index contributed by atoms with van der Waals surface area (Å²) in [5, 5.41) is 7.37. The standard InChI is InChI=1S/C13H23N3O/c1-5-6-11(4)9-16-13(17)7-12(8-14-16)15-10(2)3/h7-8,10-11,15H,5-6,9H2,1-4H3. The highest BCUT2D eigenvalue weighted by atomic mass is 16.1. The van der Waals surface area contributed by atoms with Gasteiger partial charge in [-0.1, -0.05) is 20.3 Å². The zero-order valence-electron chi connectivity index (χ0n) is 11.2. The molecule has 0 spiro atoms. The Morgan fingerprint density at radius 3 is 2.65 bits per heavy atom. The van der Waals surface area contributed by atoms with Gasteiger partial charge in [-0.15, -0.1) is 0 Å². The first kappa shape index (κ1) is 13.7. The fourth-order valence-corrected chi connectivity index (χ4v) is 1.86. The molecular formula is C13H23N3O. The maximum Gasteiger partial charge on any atom is 0.268 e. The first-order valence-corrected chi connectivity index (χ1v) is 6.36. The molecule has 1 heterocycles. The van der Waals surface area contributed by atoms with Gasteiger partial charge >= 0.3 is 0 Å². The van der Waals surface area contributed by atoms with Gasteiger partial charge < -0.3 is 5.32 Å². The lowest BCUT2D eigenvalue weighted by atomic mass is 10.1. The minimum Gasteiger partial charge on any atom is -0.381 e. The second-order valence-corrected chi connectivity index (χ2v) is 4.96. The summed E-state index contributed by atoms with van der Waals surface area (Å²) in [5.41, 5.74) is 0.767. The highest BCUT2D eigenvalue weighted by Gasteiger charge is 2.05. The van der Waals surface area contributed by atoms with E-state index in [0.29, 0.717) is 18.5 Å². The van der Waals surface area contributed by atoms with Crippen molar-refractivity contribution in [2.75, 3.05) is 5.32 Å². The fraction of sp³-hybridized carbons (Fsp3) is 0.692. The number of nitrogens with zero attached hydrogens (tertiary/aromatic N) is 2. The molecule has 0 aliphatic rings. The van der Waals surface area contributed by atoms with Crippen molar-refractivity contribution in [1.29, 1.82) is 0 Å². The van der Waals surface area contributed by atoms with Crippen molar-refractivity contribution in [2.45, 2.75) is 53.1 Å². The number of hydrogen-bond acceptors (Lipinski definition) is 3. The first-order valence-electron chi connectivity index (χ1n) is 6.36. The molecule has 0 amide bonds. The van der Waals surface area contributed by atoms with Crippen molar-refractivity contribution in [3.05, 3.63) is 22.6 Å². The summed E-state index contributed by atoms with van der Waals surface area (Å²) >= 11 is 0. The van der Waals surface area contributed by atoms with Gasteiger partial charge in [0.25, 0.3) is 5.56 Å². The van der Waals surface area contributed by atoms with E-state index < -0.39 is 0 Å². The Bertz CT molecular complexity index is 398. The van der Waals surface area contributed by atoms with Crippen LogP contribution < -0.4 is 10.9 Å². The van der Waals surface area contributed by atoms with Crippen LogP contribution in [0.1, 0.15) is 40.5 Å². The molecule has 0 radical (unpaired) electrons. The molecule has 0 aliphatic carbocycles. The van der Waals surface area contributed by atoms with Crippen molar-refractivity contribution in [3.63, 3.8) is 0 Å². The third-order valence-corrected chi connectivity index (χ3v) is 2.59. The Hall–Kier alpha value is -1.32. The molecule has 1 atom stereocenters. The van der Waals surface area contributed by atoms with E-state index in [9.17, 15) is 4.79 Å². The van der Waals surface area contributed by atoms with Crippen LogP contribution in [0.4, 0.5) is 5.69 Å². The molecule has 0 aromatic carbocycles. The minimum absolute atomic E-state index is 0.0291. The Labute approximate surface area is 103 Å². The van der Waals surface area contributed by atoms with Gasteiger partial charge in [0.05, 0.1) is 11.9 Å². The third kappa shape index (κ3) is 4.59. The molecule has 4 heteroatoms. The zero-order chi connectivity index (χ0) is 12.8. The monoisotopic (exact) mass is 237 g/mol. The molecule has 17 heavy (non-hydrogen) atoms. The van der Waals surface area contributed by atoms with Gasteiger partial charge in [0, 0.05) is 18.7 Å². The van der Waals surface area contributed by atoms with Crippen LogP contribution in [-0.2, 0) is 6.54 Å². The lowest BCUT2D eigenvalue weighted by Crippen LogP contribution is -2.26. The van der Waals surface area contributed by atoms with Crippen LogP contribution in [0.25, 0.3) is 0 Å². The summed E-state index contributed by atoms with van der Waals surface area (Å²) in [6.07, 6.45) is 3.99. The van der Waals surface area contributed by atoms with Crippen molar-refractivity contribution < 1.29 is 0 Å². The second-order valence-electron chi connectivity index (χ2n) is 4.96. The average molecular weight is 237 g/mol. The zero-order valence-corrected chi connectivity index (χ0v) is 11.2. The average Bonchev–Trinajstić information content (AvgIpc) is 2.21. The Balaban J connectivity index is 2.73. The summed E-state index contributed by atoms with van der Waals surface area (Å²) < 4.78 is 1.55. The predicted octanol–water partition coefficient (Wildman–Crippen LogP) is 2.50.